The third-order valence-electron chi connectivity index (χ3n) is 4.65. The van der Waals surface area contributed by atoms with E-state index in [0.717, 1.165) is 23.6 Å². The Morgan fingerprint density at radius 3 is 2.30 bits per heavy atom. The lowest BCUT2D eigenvalue weighted by molar-refractivity contribution is -0.170. The van der Waals surface area contributed by atoms with E-state index in [2.05, 4.69) is 18.8 Å². The highest BCUT2D eigenvalue weighted by Gasteiger charge is 2.20. The van der Waals surface area contributed by atoms with Gasteiger partial charge in [0, 0.05) is 11.5 Å². The lowest BCUT2D eigenvalue weighted by Gasteiger charge is -2.26. The molecule has 1 aliphatic rings. The van der Waals surface area contributed by atoms with Crippen LogP contribution in [0.4, 0.5) is 8.78 Å². The SMILES string of the molecule is CCCCCC1COC(C#Cc2ccc(-c3ccc(F)c(F)c3)cc2)OC1. The van der Waals surface area contributed by atoms with Gasteiger partial charge in [0.05, 0.1) is 13.2 Å². The summed E-state index contributed by atoms with van der Waals surface area (Å²) in [6.07, 6.45) is 4.34. The number of halogens is 2. The van der Waals surface area contributed by atoms with Crippen molar-refractivity contribution in [2.45, 2.75) is 38.9 Å². The van der Waals surface area contributed by atoms with E-state index in [-0.39, 0.29) is 0 Å². The van der Waals surface area contributed by atoms with E-state index in [4.69, 9.17) is 9.47 Å². The number of benzene rings is 2. The van der Waals surface area contributed by atoms with Crippen LogP contribution in [0.1, 0.15) is 38.2 Å². The number of rotatable bonds is 5. The third kappa shape index (κ3) is 5.63. The van der Waals surface area contributed by atoms with E-state index in [0.29, 0.717) is 24.7 Å². The highest BCUT2D eigenvalue weighted by molar-refractivity contribution is 5.64. The minimum atomic E-state index is -0.851. The molecule has 1 saturated heterocycles. The molecule has 0 radical (unpaired) electrons. The predicted molar refractivity (Wildman–Crippen MR) is 102 cm³/mol. The number of ether oxygens (including phenoxy) is 2. The second-order valence-corrected chi connectivity index (χ2v) is 6.84. The van der Waals surface area contributed by atoms with Crippen molar-refractivity contribution in [2.75, 3.05) is 13.2 Å². The van der Waals surface area contributed by atoms with Gasteiger partial charge in [0.2, 0.25) is 6.29 Å². The van der Waals surface area contributed by atoms with E-state index in [1.165, 1.54) is 25.3 Å². The molecule has 2 nitrogen and oxygen atoms in total. The maximum absolute atomic E-state index is 13.4. The maximum atomic E-state index is 13.4. The second-order valence-electron chi connectivity index (χ2n) is 6.84. The van der Waals surface area contributed by atoms with Gasteiger partial charge in [-0.1, -0.05) is 50.3 Å². The summed E-state index contributed by atoms with van der Waals surface area (Å²) in [6, 6.07) is 11.2. The van der Waals surface area contributed by atoms with Gasteiger partial charge in [-0.25, -0.2) is 8.78 Å². The molecular formula is C23H24F2O2. The fraction of sp³-hybridized carbons (Fsp3) is 0.391. The zero-order chi connectivity index (χ0) is 19.1. The minimum absolute atomic E-state index is 0.463. The first-order valence-corrected chi connectivity index (χ1v) is 9.46. The van der Waals surface area contributed by atoms with Gasteiger partial charge in [-0.15, -0.1) is 0 Å². The van der Waals surface area contributed by atoms with E-state index < -0.39 is 17.9 Å². The summed E-state index contributed by atoms with van der Waals surface area (Å²) in [7, 11) is 0. The summed E-state index contributed by atoms with van der Waals surface area (Å²) in [4.78, 5) is 0. The van der Waals surface area contributed by atoms with Crippen LogP contribution in [-0.4, -0.2) is 19.5 Å². The molecule has 0 spiro atoms. The Kier molecular flexibility index (Phi) is 6.98. The van der Waals surface area contributed by atoms with Gasteiger partial charge in [0.25, 0.3) is 0 Å². The standard InChI is InChI=1S/C23H24F2O2/c1-2-3-4-5-18-15-26-23(27-16-18)13-8-17-6-9-19(10-7-17)20-11-12-21(24)22(25)14-20/h6-7,9-12,14,18,23H,2-5,15-16H2,1H3. The topological polar surface area (TPSA) is 18.5 Å². The van der Waals surface area contributed by atoms with Crippen LogP contribution in [0.15, 0.2) is 42.5 Å². The normalized spacial score (nSPS) is 19.4. The lowest BCUT2D eigenvalue weighted by Crippen LogP contribution is -2.31. The van der Waals surface area contributed by atoms with Crippen LogP contribution in [-0.2, 0) is 9.47 Å². The third-order valence-corrected chi connectivity index (χ3v) is 4.65. The van der Waals surface area contributed by atoms with Gasteiger partial charge in [0.1, 0.15) is 0 Å². The Bertz CT molecular complexity index is 797. The Hall–Kier alpha value is -2.22. The van der Waals surface area contributed by atoms with Crippen LogP contribution >= 0.6 is 0 Å². The summed E-state index contributed by atoms with van der Waals surface area (Å²) < 4.78 is 37.8. The van der Waals surface area contributed by atoms with Crippen molar-refractivity contribution in [3.05, 3.63) is 59.7 Å². The van der Waals surface area contributed by atoms with Gasteiger partial charge in [-0.2, -0.15) is 0 Å². The number of hydrogen-bond donors (Lipinski definition) is 0. The maximum Gasteiger partial charge on any atom is 0.222 e. The minimum Gasteiger partial charge on any atom is -0.342 e. The van der Waals surface area contributed by atoms with Crippen LogP contribution in [0, 0.1) is 29.4 Å². The molecule has 2 aromatic carbocycles. The number of unbranched alkanes of at least 4 members (excludes halogenated alkanes) is 2. The molecule has 0 saturated carbocycles. The molecule has 4 heteroatoms. The van der Waals surface area contributed by atoms with Gasteiger partial charge in [-0.05, 0) is 47.7 Å². The Labute approximate surface area is 159 Å². The van der Waals surface area contributed by atoms with E-state index >= 15 is 0 Å². The summed E-state index contributed by atoms with van der Waals surface area (Å²) in [6.45, 7) is 3.58. The quantitative estimate of drug-likeness (QED) is 0.507. The van der Waals surface area contributed by atoms with E-state index in [1.54, 1.807) is 6.07 Å². The van der Waals surface area contributed by atoms with Crippen molar-refractivity contribution >= 4 is 0 Å². The average Bonchev–Trinajstić information content (AvgIpc) is 2.70. The van der Waals surface area contributed by atoms with E-state index in [1.807, 2.05) is 24.3 Å². The lowest BCUT2D eigenvalue weighted by atomic mass is 10.0. The number of hydrogen-bond acceptors (Lipinski definition) is 2. The van der Waals surface area contributed by atoms with Crippen molar-refractivity contribution < 1.29 is 18.3 Å². The van der Waals surface area contributed by atoms with E-state index in [9.17, 15) is 8.78 Å². The molecule has 142 valence electrons. The highest BCUT2D eigenvalue weighted by Crippen LogP contribution is 2.22. The summed E-state index contributed by atoms with van der Waals surface area (Å²) in [5.74, 6) is 4.81. The fourth-order valence-corrected chi connectivity index (χ4v) is 3.04. The smallest absolute Gasteiger partial charge is 0.222 e. The fourth-order valence-electron chi connectivity index (χ4n) is 3.04. The van der Waals surface area contributed by atoms with Crippen LogP contribution < -0.4 is 0 Å². The van der Waals surface area contributed by atoms with Crippen molar-refractivity contribution in [1.29, 1.82) is 0 Å². The van der Waals surface area contributed by atoms with Crippen LogP contribution in [0.2, 0.25) is 0 Å². The van der Waals surface area contributed by atoms with Crippen molar-refractivity contribution in [3.8, 4) is 23.0 Å². The molecule has 0 atom stereocenters. The van der Waals surface area contributed by atoms with Crippen LogP contribution in [0.25, 0.3) is 11.1 Å². The van der Waals surface area contributed by atoms with Crippen molar-refractivity contribution in [2.24, 2.45) is 5.92 Å². The summed E-state index contributed by atoms with van der Waals surface area (Å²) in [5.41, 5.74) is 2.25. The molecule has 0 N–H and O–H groups in total. The molecule has 1 fully saturated rings. The predicted octanol–water partition coefficient (Wildman–Crippen LogP) is 5.55. The summed E-state index contributed by atoms with van der Waals surface area (Å²) in [5, 5.41) is 0. The van der Waals surface area contributed by atoms with Gasteiger partial charge >= 0.3 is 0 Å². The summed E-state index contributed by atoms with van der Waals surface area (Å²) >= 11 is 0. The largest absolute Gasteiger partial charge is 0.342 e. The molecule has 2 aromatic rings. The Morgan fingerprint density at radius 2 is 1.63 bits per heavy atom. The monoisotopic (exact) mass is 370 g/mol. The average molecular weight is 370 g/mol. The van der Waals surface area contributed by atoms with Crippen molar-refractivity contribution in [1.82, 2.24) is 0 Å². The van der Waals surface area contributed by atoms with Crippen LogP contribution in [0.3, 0.4) is 0 Å². The molecule has 0 amide bonds. The molecule has 0 unspecified atom stereocenters. The highest BCUT2D eigenvalue weighted by atomic mass is 19.2. The second kappa shape index (κ2) is 9.64. The van der Waals surface area contributed by atoms with Gasteiger partial charge in [0.15, 0.2) is 11.6 Å². The molecular weight excluding hydrogens is 346 g/mol. The first kappa shape index (κ1) is 19.5. The Balaban J connectivity index is 1.54. The first-order valence-electron chi connectivity index (χ1n) is 9.46. The molecule has 0 bridgehead atoms. The zero-order valence-corrected chi connectivity index (χ0v) is 15.5. The molecule has 1 heterocycles. The van der Waals surface area contributed by atoms with Gasteiger partial charge in [-0.3, -0.25) is 0 Å². The molecule has 0 aromatic heterocycles. The first-order chi connectivity index (χ1) is 13.2. The molecule has 27 heavy (non-hydrogen) atoms. The Morgan fingerprint density at radius 1 is 0.926 bits per heavy atom. The van der Waals surface area contributed by atoms with Gasteiger partial charge < -0.3 is 9.47 Å². The molecule has 1 aliphatic heterocycles. The zero-order valence-electron chi connectivity index (χ0n) is 15.5. The van der Waals surface area contributed by atoms with Crippen LogP contribution in [0.5, 0.6) is 0 Å². The van der Waals surface area contributed by atoms with Crippen molar-refractivity contribution in [3.63, 3.8) is 0 Å². The molecule has 3 rings (SSSR count). The molecule has 0 aliphatic carbocycles.